The van der Waals surface area contributed by atoms with Crippen LogP contribution >= 0.6 is 0 Å². The standard InChI is InChI=1S/C12H19N5O3/c1-2-13-10-14-11(17-3-5-18-6-4-17)16-12(15-10)20-9-7-19-8-9/h9H,2-8H2,1H3,(H,13,14,15,16). The monoisotopic (exact) mass is 281 g/mol. The molecule has 0 bridgehead atoms. The van der Waals surface area contributed by atoms with Crippen molar-refractivity contribution in [1.29, 1.82) is 0 Å². The summed E-state index contributed by atoms with van der Waals surface area (Å²) < 4.78 is 16.1. The van der Waals surface area contributed by atoms with E-state index in [-0.39, 0.29) is 6.10 Å². The summed E-state index contributed by atoms with van der Waals surface area (Å²) in [6, 6.07) is 0.353. The maximum absolute atomic E-state index is 5.68. The van der Waals surface area contributed by atoms with E-state index in [1.165, 1.54) is 0 Å². The van der Waals surface area contributed by atoms with Crippen molar-refractivity contribution in [3.8, 4) is 6.01 Å². The van der Waals surface area contributed by atoms with Crippen LogP contribution in [0.15, 0.2) is 0 Å². The molecule has 0 spiro atoms. The van der Waals surface area contributed by atoms with Crippen LogP contribution in [0.5, 0.6) is 6.01 Å². The SMILES string of the molecule is CCNc1nc(OC2COC2)nc(N2CCOCC2)n1. The van der Waals surface area contributed by atoms with E-state index in [1.54, 1.807) is 0 Å². The van der Waals surface area contributed by atoms with Crippen LogP contribution in [-0.4, -0.2) is 67.1 Å². The minimum atomic E-state index is 0.0458. The Morgan fingerprint density at radius 3 is 2.65 bits per heavy atom. The molecule has 1 N–H and O–H groups in total. The van der Waals surface area contributed by atoms with E-state index in [4.69, 9.17) is 14.2 Å². The van der Waals surface area contributed by atoms with Gasteiger partial charge in [0, 0.05) is 19.6 Å². The Balaban J connectivity index is 1.78. The Labute approximate surface area is 117 Å². The third-order valence-electron chi connectivity index (χ3n) is 3.11. The molecule has 2 aliphatic heterocycles. The van der Waals surface area contributed by atoms with Crippen LogP contribution in [0.25, 0.3) is 0 Å². The molecule has 0 radical (unpaired) electrons. The number of aromatic nitrogens is 3. The smallest absolute Gasteiger partial charge is 0.323 e. The lowest BCUT2D eigenvalue weighted by molar-refractivity contribution is -0.0831. The van der Waals surface area contributed by atoms with Crippen molar-refractivity contribution in [1.82, 2.24) is 15.0 Å². The topological polar surface area (TPSA) is 81.6 Å². The number of hydrogen-bond donors (Lipinski definition) is 1. The molecule has 0 aliphatic carbocycles. The van der Waals surface area contributed by atoms with Gasteiger partial charge < -0.3 is 24.4 Å². The van der Waals surface area contributed by atoms with Gasteiger partial charge in [-0.1, -0.05) is 0 Å². The lowest BCUT2D eigenvalue weighted by Gasteiger charge is -2.28. The zero-order valence-corrected chi connectivity index (χ0v) is 11.5. The summed E-state index contributed by atoms with van der Waals surface area (Å²) in [5.74, 6) is 1.17. The number of hydrogen-bond acceptors (Lipinski definition) is 8. The molecule has 0 atom stereocenters. The molecule has 3 heterocycles. The van der Waals surface area contributed by atoms with Gasteiger partial charge in [-0.25, -0.2) is 0 Å². The van der Waals surface area contributed by atoms with E-state index < -0.39 is 0 Å². The van der Waals surface area contributed by atoms with E-state index in [1.807, 2.05) is 6.92 Å². The molecule has 1 aromatic rings. The van der Waals surface area contributed by atoms with E-state index in [9.17, 15) is 0 Å². The second-order valence-corrected chi connectivity index (χ2v) is 4.65. The van der Waals surface area contributed by atoms with E-state index in [0.717, 1.165) is 19.6 Å². The van der Waals surface area contributed by atoms with Crippen molar-refractivity contribution < 1.29 is 14.2 Å². The van der Waals surface area contributed by atoms with Gasteiger partial charge in [0.15, 0.2) is 0 Å². The fourth-order valence-corrected chi connectivity index (χ4v) is 1.97. The van der Waals surface area contributed by atoms with Gasteiger partial charge in [-0.3, -0.25) is 0 Å². The number of nitrogens with one attached hydrogen (secondary N) is 1. The quantitative estimate of drug-likeness (QED) is 0.802. The molecule has 3 rings (SSSR count). The van der Waals surface area contributed by atoms with Gasteiger partial charge in [0.05, 0.1) is 26.4 Å². The van der Waals surface area contributed by atoms with Gasteiger partial charge in [-0.05, 0) is 6.92 Å². The molecular formula is C12H19N5O3. The summed E-state index contributed by atoms with van der Waals surface area (Å²) in [5, 5.41) is 3.11. The molecule has 1 aromatic heterocycles. The number of ether oxygens (including phenoxy) is 3. The molecule has 8 heteroatoms. The number of morpholine rings is 1. The molecule has 110 valence electrons. The fourth-order valence-electron chi connectivity index (χ4n) is 1.97. The van der Waals surface area contributed by atoms with Gasteiger partial charge >= 0.3 is 6.01 Å². The maximum atomic E-state index is 5.68. The molecule has 2 saturated heterocycles. The Hall–Kier alpha value is -1.67. The molecule has 0 aromatic carbocycles. The molecule has 0 unspecified atom stereocenters. The van der Waals surface area contributed by atoms with Crippen LogP contribution < -0.4 is 15.0 Å². The fraction of sp³-hybridized carbons (Fsp3) is 0.750. The molecule has 8 nitrogen and oxygen atoms in total. The van der Waals surface area contributed by atoms with Crippen LogP contribution in [0.3, 0.4) is 0 Å². The molecule has 2 fully saturated rings. The highest BCUT2D eigenvalue weighted by Crippen LogP contribution is 2.18. The van der Waals surface area contributed by atoms with Crippen molar-refractivity contribution in [2.45, 2.75) is 13.0 Å². The second kappa shape index (κ2) is 6.19. The lowest BCUT2D eigenvalue weighted by Crippen LogP contribution is -2.40. The van der Waals surface area contributed by atoms with Crippen LogP contribution in [0.4, 0.5) is 11.9 Å². The van der Waals surface area contributed by atoms with Crippen molar-refractivity contribution in [2.24, 2.45) is 0 Å². The number of rotatable bonds is 5. The van der Waals surface area contributed by atoms with Crippen LogP contribution in [-0.2, 0) is 9.47 Å². The highest BCUT2D eigenvalue weighted by molar-refractivity contribution is 5.38. The molecule has 0 saturated carbocycles. The van der Waals surface area contributed by atoms with E-state index in [2.05, 4.69) is 25.2 Å². The Morgan fingerprint density at radius 1 is 1.20 bits per heavy atom. The predicted molar refractivity (Wildman–Crippen MR) is 72.3 cm³/mol. The summed E-state index contributed by atoms with van der Waals surface area (Å²) in [4.78, 5) is 15.2. The minimum Gasteiger partial charge on any atom is -0.455 e. The second-order valence-electron chi connectivity index (χ2n) is 4.65. The summed E-state index contributed by atoms with van der Waals surface area (Å²) in [7, 11) is 0. The van der Waals surface area contributed by atoms with Crippen molar-refractivity contribution in [3.05, 3.63) is 0 Å². The van der Waals surface area contributed by atoms with Crippen molar-refractivity contribution in [3.63, 3.8) is 0 Å². The Bertz CT molecular complexity index is 449. The zero-order valence-electron chi connectivity index (χ0n) is 11.5. The van der Waals surface area contributed by atoms with Gasteiger partial charge in [0.2, 0.25) is 11.9 Å². The highest BCUT2D eigenvalue weighted by atomic mass is 16.6. The normalized spacial score (nSPS) is 19.6. The van der Waals surface area contributed by atoms with E-state index in [0.29, 0.717) is 44.3 Å². The van der Waals surface area contributed by atoms with Crippen molar-refractivity contribution >= 4 is 11.9 Å². The third kappa shape index (κ3) is 3.07. The number of nitrogens with zero attached hydrogens (tertiary/aromatic N) is 4. The lowest BCUT2D eigenvalue weighted by atomic mass is 10.3. The third-order valence-corrected chi connectivity index (χ3v) is 3.11. The maximum Gasteiger partial charge on any atom is 0.323 e. The molecular weight excluding hydrogens is 262 g/mol. The molecule has 0 amide bonds. The first-order chi connectivity index (χ1) is 9.85. The first-order valence-electron chi connectivity index (χ1n) is 6.92. The summed E-state index contributed by atoms with van der Waals surface area (Å²) in [6.07, 6.45) is 0.0458. The van der Waals surface area contributed by atoms with Gasteiger partial charge in [-0.15, -0.1) is 0 Å². The minimum absolute atomic E-state index is 0.0458. The highest BCUT2D eigenvalue weighted by Gasteiger charge is 2.23. The van der Waals surface area contributed by atoms with Gasteiger partial charge in [-0.2, -0.15) is 15.0 Å². The first-order valence-corrected chi connectivity index (χ1v) is 6.92. The van der Waals surface area contributed by atoms with Crippen LogP contribution in [0, 0.1) is 0 Å². The van der Waals surface area contributed by atoms with Gasteiger partial charge in [0.1, 0.15) is 6.10 Å². The molecule has 20 heavy (non-hydrogen) atoms. The largest absolute Gasteiger partial charge is 0.455 e. The summed E-state index contributed by atoms with van der Waals surface area (Å²) in [6.45, 7) is 6.87. The number of anilines is 2. The van der Waals surface area contributed by atoms with Crippen LogP contribution in [0.2, 0.25) is 0 Å². The van der Waals surface area contributed by atoms with Crippen molar-refractivity contribution in [2.75, 3.05) is 56.3 Å². The predicted octanol–water partition coefficient (Wildman–Crippen LogP) is -0.0824. The first kappa shape index (κ1) is 13.3. The summed E-state index contributed by atoms with van der Waals surface area (Å²) >= 11 is 0. The Kier molecular flexibility index (Phi) is 4.12. The summed E-state index contributed by atoms with van der Waals surface area (Å²) in [5.41, 5.74) is 0. The average molecular weight is 281 g/mol. The molecule has 2 aliphatic rings. The zero-order chi connectivity index (χ0) is 13.8. The average Bonchev–Trinajstić information content (AvgIpc) is 2.44. The van der Waals surface area contributed by atoms with Crippen LogP contribution in [0.1, 0.15) is 6.92 Å². The van der Waals surface area contributed by atoms with E-state index >= 15 is 0 Å². The Morgan fingerprint density at radius 2 is 2.00 bits per heavy atom. The van der Waals surface area contributed by atoms with Gasteiger partial charge in [0.25, 0.3) is 0 Å².